The molecule has 0 bridgehead atoms. The minimum Gasteiger partial charge on any atom is -0.506 e. The summed E-state index contributed by atoms with van der Waals surface area (Å²) in [6, 6.07) is 21.2. The highest BCUT2D eigenvalue weighted by atomic mass is 16.5. The van der Waals surface area contributed by atoms with Crippen LogP contribution in [0.25, 0.3) is 0 Å². The molecule has 0 radical (unpaired) electrons. The van der Waals surface area contributed by atoms with Gasteiger partial charge in [0.25, 0.3) is 0 Å². The molecule has 0 aliphatic heterocycles. The van der Waals surface area contributed by atoms with Crippen molar-refractivity contribution >= 4 is 11.9 Å². The van der Waals surface area contributed by atoms with Crippen molar-refractivity contribution in [1.29, 1.82) is 0 Å². The second-order valence-corrected chi connectivity index (χ2v) is 6.24. The summed E-state index contributed by atoms with van der Waals surface area (Å²) in [5.41, 5.74) is 3.68. The van der Waals surface area contributed by atoms with Gasteiger partial charge in [0, 0.05) is 12.6 Å². The molecule has 0 aromatic heterocycles. The van der Waals surface area contributed by atoms with Crippen molar-refractivity contribution in [3.05, 3.63) is 83.4 Å². The maximum Gasteiger partial charge on any atom is 0.161 e. The van der Waals surface area contributed by atoms with E-state index in [4.69, 9.17) is 9.47 Å². The molecule has 0 atom stereocenters. The summed E-state index contributed by atoms with van der Waals surface area (Å²) < 4.78 is 11.3. The van der Waals surface area contributed by atoms with Gasteiger partial charge in [-0.05, 0) is 53.9 Å². The lowest BCUT2D eigenvalue weighted by atomic mass is 10.2. The second kappa shape index (κ2) is 8.90. The first-order chi connectivity index (χ1) is 13.2. The van der Waals surface area contributed by atoms with E-state index in [1.807, 2.05) is 55.5 Å². The first-order valence-electron chi connectivity index (χ1n) is 8.84. The quantitative estimate of drug-likeness (QED) is 0.597. The van der Waals surface area contributed by atoms with Crippen LogP contribution in [0.5, 0.6) is 17.2 Å². The Bertz CT molecular complexity index is 920. The van der Waals surface area contributed by atoms with Crippen molar-refractivity contribution in [2.24, 2.45) is 4.99 Å². The molecule has 0 fully saturated rings. The molecule has 27 heavy (non-hydrogen) atoms. The van der Waals surface area contributed by atoms with Crippen LogP contribution in [0.2, 0.25) is 0 Å². The van der Waals surface area contributed by atoms with E-state index in [0.717, 1.165) is 17.5 Å². The Balaban J connectivity index is 1.68. The SMILES string of the molecule is COc1cc(C=Nc2cc(C)ccc2O)ccc1OCCc1ccccc1. The molecule has 0 spiro atoms. The second-order valence-electron chi connectivity index (χ2n) is 6.24. The zero-order valence-corrected chi connectivity index (χ0v) is 15.6. The number of benzene rings is 3. The molecule has 0 saturated heterocycles. The Kier molecular flexibility index (Phi) is 6.10. The topological polar surface area (TPSA) is 51.0 Å². The molecule has 4 heteroatoms. The van der Waals surface area contributed by atoms with Crippen molar-refractivity contribution in [3.8, 4) is 17.2 Å². The van der Waals surface area contributed by atoms with E-state index in [9.17, 15) is 5.11 Å². The molecule has 0 unspecified atom stereocenters. The lowest BCUT2D eigenvalue weighted by Gasteiger charge is -2.11. The fourth-order valence-electron chi connectivity index (χ4n) is 2.69. The number of hydrogen-bond acceptors (Lipinski definition) is 4. The largest absolute Gasteiger partial charge is 0.506 e. The van der Waals surface area contributed by atoms with E-state index in [1.54, 1.807) is 19.4 Å². The summed E-state index contributed by atoms with van der Waals surface area (Å²) in [6.07, 6.45) is 2.53. The Morgan fingerprint density at radius 2 is 1.78 bits per heavy atom. The highest BCUT2D eigenvalue weighted by molar-refractivity contribution is 5.83. The molecule has 4 nitrogen and oxygen atoms in total. The Labute approximate surface area is 159 Å². The van der Waals surface area contributed by atoms with Gasteiger partial charge in [0.15, 0.2) is 11.5 Å². The maximum atomic E-state index is 9.89. The van der Waals surface area contributed by atoms with E-state index in [-0.39, 0.29) is 5.75 Å². The van der Waals surface area contributed by atoms with Gasteiger partial charge in [-0.3, -0.25) is 4.99 Å². The Hall–Kier alpha value is -3.27. The number of phenolic OH excluding ortho intramolecular Hbond substituents is 1. The molecule has 1 N–H and O–H groups in total. The van der Waals surface area contributed by atoms with Crippen LogP contribution >= 0.6 is 0 Å². The van der Waals surface area contributed by atoms with Crippen LogP contribution in [-0.4, -0.2) is 25.0 Å². The number of rotatable bonds is 7. The normalized spacial score (nSPS) is 10.9. The van der Waals surface area contributed by atoms with Crippen LogP contribution in [0.3, 0.4) is 0 Å². The minimum absolute atomic E-state index is 0.157. The average Bonchev–Trinajstić information content (AvgIpc) is 2.70. The molecule has 0 saturated carbocycles. The predicted octanol–water partition coefficient (Wildman–Crippen LogP) is 5.08. The van der Waals surface area contributed by atoms with Gasteiger partial charge in [-0.25, -0.2) is 0 Å². The van der Waals surface area contributed by atoms with Crippen LogP contribution in [0.15, 0.2) is 71.7 Å². The first kappa shape index (κ1) is 18.5. The fraction of sp³-hybridized carbons (Fsp3) is 0.174. The van der Waals surface area contributed by atoms with Gasteiger partial charge in [-0.1, -0.05) is 36.4 Å². The van der Waals surface area contributed by atoms with Crippen molar-refractivity contribution in [3.63, 3.8) is 0 Å². The highest BCUT2D eigenvalue weighted by Gasteiger charge is 2.06. The molecule has 3 aromatic rings. The molecular formula is C23H23NO3. The monoisotopic (exact) mass is 361 g/mol. The number of aryl methyl sites for hydroxylation is 1. The Morgan fingerprint density at radius 1 is 0.963 bits per heavy atom. The van der Waals surface area contributed by atoms with Gasteiger partial charge in [0.2, 0.25) is 0 Å². The van der Waals surface area contributed by atoms with E-state index in [0.29, 0.717) is 23.8 Å². The number of nitrogens with zero attached hydrogens (tertiary/aromatic N) is 1. The molecule has 138 valence electrons. The van der Waals surface area contributed by atoms with Crippen molar-refractivity contribution < 1.29 is 14.6 Å². The molecular weight excluding hydrogens is 338 g/mol. The van der Waals surface area contributed by atoms with Crippen molar-refractivity contribution in [2.45, 2.75) is 13.3 Å². The van der Waals surface area contributed by atoms with Gasteiger partial charge in [0.1, 0.15) is 11.4 Å². The number of methoxy groups -OCH3 is 1. The lowest BCUT2D eigenvalue weighted by molar-refractivity contribution is 0.297. The van der Waals surface area contributed by atoms with Crippen molar-refractivity contribution in [1.82, 2.24) is 0 Å². The van der Waals surface area contributed by atoms with Gasteiger partial charge in [0.05, 0.1) is 13.7 Å². The van der Waals surface area contributed by atoms with Crippen LogP contribution in [0.1, 0.15) is 16.7 Å². The van der Waals surface area contributed by atoms with E-state index >= 15 is 0 Å². The predicted molar refractivity (Wildman–Crippen MR) is 109 cm³/mol. The van der Waals surface area contributed by atoms with Crippen LogP contribution < -0.4 is 9.47 Å². The third-order valence-electron chi connectivity index (χ3n) is 4.16. The van der Waals surface area contributed by atoms with Gasteiger partial charge >= 0.3 is 0 Å². The summed E-state index contributed by atoms with van der Waals surface area (Å²) in [4.78, 5) is 4.37. The van der Waals surface area contributed by atoms with Crippen LogP contribution in [-0.2, 0) is 6.42 Å². The van der Waals surface area contributed by atoms with E-state index in [2.05, 4.69) is 17.1 Å². The minimum atomic E-state index is 0.157. The van der Waals surface area contributed by atoms with Crippen LogP contribution in [0.4, 0.5) is 5.69 Å². The molecule has 3 rings (SSSR count). The fourth-order valence-corrected chi connectivity index (χ4v) is 2.69. The lowest BCUT2D eigenvalue weighted by Crippen LogP contribution is -2.03. The average molecular weight is 361 g/mol. The molecule has 0 aliphatic rings. The van der Waals surface area contributed by atoms with Gasteiger partial charge in [-0.2, -0.15) is 0 Å². The molecule has 0 heterocycles. The van der Waals surface area contributed by atoms with Gasteiger partial charge in [-0.15, -0.1) is 0 Å². The smallest absolute Gasteiger partial charge is 0.161 e. The zero-order valence-electron chi connectivity index (χ0n) is 15.6. The molecule has 0 aliphatic carbocycles. The van der Waals surface area contributed by atoms with Crippen molar-refractivity contribution in [2.75, 3.05) is 13.7 Å². The number of aromatic hydroxyl groups is 1. The number of phenols is 1. The number of ether oxygens (including phenoxy) is 2. The summed E-state index contributed by atoms with van der Waals surface area (Å²) >= 11 is 0. The molecule has 3 aromatic carbocycles. The van der Waals surface area contributed by atoms with Gasteiger partial charge < -0.3 is 14.6 Å². The van der Waals surface area contributed by atoms with E-state index in [1.165, 1.54) is 5.56 Å². The third kappa shape index (κ3) is 5.11. The number of hydrogen-bond donors (Lipinski definition) is 1. The molecule has 0 amide bonds. The number of aliphatic imine (C=N–C) groups is 1. The summed E-state index contributed by atoms with van der Waals surface area (Å²) in [6.45, 7) is 2.54. The third-order valence-corrected chi connectivity index (χ3v) is 4.16. The first-order valence-corrected chi connectivity index (χ1v) is 8.84. The highest BCUT2D eigenvalue weighted by Crippen LogP contribution is 2.29. The van der Waals surface area contributed by atoms with E-state index < -0.39 is 0 Å². The standard InChI is InChI=1S/C23H23NO3/c1-17-8-10-21(25)20(14-17)24-16-19-9-11-22(23(15-19)26-2)27-13-12-18-6-4-3-5-7-18/h3-11,14-16,25H,12-13H2,1-2H3. The maximum absolute atomic E-state index is 9.89. The summed E-state index contributed by atoms with van der Waals surface area (Å²) in [5.74, 6) is 1.51. The van der Waals surface area contributed by atoms with Crippen LogP contribution in [0, 0.1) is 6.92 Å². The summed E-state index contributed by atoms with van der Waals surface area (Å²) in [5, 5.41) is 9.89. The Morgan fingerprint density at radius 3 is 2.56 bits per heavy atom. The zero-order chi connectivity index (χ0) is 19.1. The summed E-state index contributed by atoms with van der Waals surface area (Å²) in [7, 11) is 1.62.